The molecule has 18 rings (SSSR count). The molecule has 0 bridgehead atoms. The average Bonchev–Trinajstić information content (AvgIpc) is 0.729. The maximum atomic E-state index is 13.1. The predicted octanol–water partition coefficient (Wildman–Crippen LogP) is 26.6. The van der Waals surface area contributed by atoms with Gasteiger partial charge < -0.3 is 50.3 Å². The maximum absolute atomic E-state index is 13.1. The van der Waals surface area contributed by atoms with E-state index >= 15 is 0 Å². The summed E-state index contributed by atoms with van der Waals surface area (Å²) in [7, 11) is 0. The number of carbonyl (C=O) groups excluding carboxylic acids is 1. The Morgan fingerprint density at radius 1 is 0.400 bits per heavy atom. The van der Waals surface area contributed by atoms with E-state index in [9.17, 15) is 54.3 Å². The number of carbonyl (C=O) groups is 4. The first kappa shape index (κ1) is 94.8. The van der Waals surface area contributed by atoms with Crippen molar-refractivity contribution < 1.29 is 53.5 Å². The predicted molar refractivity (Wildman–Crippen MR) is 542 cm³/mol. The van der Waals surface area contributed by atoms with Crippen LogP contribution in [-0.2, 0) is 11.2 Å². The molecule has 0 saturated carbocycles. The van der Waals surface area contributed by atoms with Gasteiger partial charge in [0.1, 0.15) is 34.2 Å². The number of allylic oxidation sites excluding steroid dienone is 5. The number of carboxylic acids is 3. The fourth-order valence-electron chi connectivity index (χ4n) is 19.6. The van der Waals surface area contributed by atoms with E-state index in [4.69, 9.17) is 71.2 Å². The lowest BCUT2D eigenvalue weighted by atomic mass is 9.72. The second-order valence-corrected chi connectivity index (χ2v) is 37.4. The quantitative estimate of drug-likeness (QED) is 0.0285. The van der Waals surface area contributed by atoms with Crippen molar-refractivity contribution in [3.8, 4) is 56.4 Å². The van der Waals surface area contributed by atoms with E-state index in [2.05, 4.69) is 119 Å². The normalized spacial score (nSPS) is 14.0. The summed E-state index contributed by atoms with van der Waals surface area (Å²) in [6, 6.07) is 52.8. The van der Waals surface area contributed by atoms with Crippen LogP contribution >= 0.6 is 47.4 Å². The van der Waals surface area contributed by atoms with Crippen LogP contribution in [0.25, 0.3) is 105 Å². The molecular weight excluding hydrogens is 1780 g/mol. The SMILES string of the molecule is CC1=C2Cc3c(cc(C)c(O)c3C(C)NC(C)c3ccc(C)c4ccc(C)nc34)C(c3ccccc3C(=O)O)=C2C=C(Cl)C1=O.Cc1ccc2c(C)ccc(C(C)NC(C)c3c(O)c(C)cc4c(-c5ccccc5C(=O)O)c5cc(Cl)c(=O)c(C)c-5oc34)c2n1.Cc1ccc2c(C)ccc(C(C)NC(C)c3c(S)c(C)cc4c(-c5ccccc5C(=O)O)c5cc(Cl)c(=O)c(C)c-5oc34)c2n1. The number of aromatic nitrogens is 3. The third-order valence-corrected chi connectivity index (χ3v) is 28.1. The van der Waals surface area contributed by atoms with Crippen molar-refractivity contribution in [3.05, 3.63) is 363 Å². The van der Waals surface area contributed by atoms with Crippen molar-refractivity contribution >= 4 is 131 Å². The number of phenols is 2. The highest BCUT2D eigenvalue weighted by Gasteiger charge is 2.38. The van der Waals surface area contributed by atoms with Crippen LogP contribution in [0.2, 0.25) is 10.0 Å². The number of thiol groups is 1. The number of nitrogens with zero attached hydrogens (tertiary/aromatic N) is 3. The molecule has 5 heterocycles. The first-order chi connectivity index (χ1) is 64.1. The maximum Gasteiger partial charge on any atom is 0.336 e. The number of hydrogen-bond acceptors (Lipinski definition) is 17. The van der Waals surface area contributed by atoms with Gasteiger partial charge in [0.05, 0.1) is 53.9 Å². The molecule has 0 saturated heterocycles. The molecule has 23 heteroatoms. The number of Topliss-reactive ketones (excluding diaryl/α,β-unsaturated/α-hetero) is 1. The highest BCUT2D eigenvalue weighted by Crippen LogP contribution is 2.53. The number of halogens is 3. The van der Waals surface area contributed by atoms with Crippen molar-refractivity contribution in [2.24, 2.45) is 0 Å². The lowest BCUT2D eigenvalue weighted by molar-refractivity contribution is -0.111. The second kappa shape index (κ2) is 37.5. The number of aryl methyl sites for hydroxylation is 9. The summed E-state index contributed by atoms with van der Waals surface area (Å²) in [5.74, 6) is -2.60. The van der Waals surface area contributed by atoms with E-state index in [0.29, 0.717) is 112 Å². The van der Waals surface area contributed by atoms with Gasteiger partial charge >= 0.3 is 17.9 Å². The number of ketones is 1. The van der Waals surface area contributed by atoms with Crippen molar-refractivity contribution in [2.75, 3.05) is 0 Å². The van der Waals surface area contributed by atoms with Gasteiger partial charge in [0.2, 0.25) is 10.9 Å². The number of aromatic hydroxyl groups is 2. The first-order valence-corrected chi connectivity index (χ1v) is 46.2. The van der Waals surface area contributed by atoms with Gasteiger partial charge in [-0.2, -0.15) is 0 Å². The summed E-state index contributed by atoms with van der Waals surface area (Å²) in [4.78, 5) is 91.6. The van der Waals surface area contributed by atoms with Crippen LogP contribution in [0.4, 0.5) is 0 Å². The molecule has 19 nitrogen and oxygen atoms in total. The molecule has 8 N–H and O–H groups in total. The highest BCUT2D eigenvalue weighted by atomic mass is 35.5. The Labute approximate surface area is 801 Å². The minimum absolute atomic E-state index is 0.0114. The molecule has 4 aliphatic carbocycles. The summed E-state index contributed by atoms with van der Waals surface area (Å²) >= 11 is 24.2. The molecule has 3 aromatic heterocycles. The molecule has 6 unspecified atom stereocenters. The first-order valence-electron chi connectivity index (χ1n) is 44.6. The van der Waals surface area contributed by atoms with Gasteiger partial charge in [-0.3, -0.25) is 29.3 Å². The number of rotatable bonds is 18. The topological polar surface area (TPSA) is 305 Å². The molecule has 135 heavy (non-hydrogen) atoms. The van der Waals surface area contributed by atoms with Gasteiger partial charge in [-0.25, -0.2) is 14.4 Å². The molecule has 9 aromatic carbocycles. The van der Waals surface area contributed by atoms with Crippen molar-refractivity contribution in [3.63, 3.8) is 0 Å². The van der Waals surface area contributed by atoms with Crippen LogP contribution in [-0.4, -0.2) is 64.2 Å². The standard InChI is InChI=1S/C38H35ClN2O4.C37H33ClN2O5.C37H33ClN2O4S/c1-18-11-13-25(35-24(18)14-12-20(3)40-35)22(5)41-23(6)33-30-16-28-21(4)37(43)32(39)17-31(28)34(29(30)15-19(2)36(33)42)26-9-7-8-10-27(26)38(44)45;1-17-11-13-24(32-23(17)14-12-19(3)39-32)21(5)40-22(6)30-33(41)18(2)15-27-31(25-9-7-8-10-26(25)37(43)44)28-16-29(38)34(42)20(4)35(28)45-36(27)30;1-17-11-13-24(32-23(17)14-12-19(3)39-32)21(5)40-22(6)30-35-27(15-18(2)36(30)45)31(25-9-7-8-10-26(25)37(42)43)28-16-29(38)33(41)20(4)34(28)44-35/h7-15,17,22-23,41-42H,16H2,1-6H3,(H,44,45);7-16,21-22,40-41H,1-6H3,(H,43,44);7-16,21-22,40,45H,1-6H3,(H,42,43). The summed E-state index contributed by atoms with van der Waals surface area (Å²) in [5, 5.41) is 69.5. The zero-order chi connectivity index (χ0) is 97.0. The second-order valence-electron chi connectivity index (χ2n) is 35.7. The van der Waals surface area contributed by atoms with E-state index in [1.54, 1.807) is 113 Å². The number of fused-ring (bicyclic) bond motifs is 9. The molecule has 6 atom stereocenters. The molecule has 0 spiro atoms. The lowest BCUT2D eigenvalue weighted by Gasteiger charge is -2.33. The van der Waals surface area contributed by atoms with Gasteiger partial charge in [0, 0.05) is 135 Å². The minimum Gasteiger partial charge on any atom is -0.507 e. The van der Waals surface area contributed by atoms with Crippen LogP contribution in [0.1, 0.15) is 227 Å². The Morgan fingerprint density at radius 2 is 0.763 bits per heavy atom. The zero-order valence-electron chi connectivity index (χ0n) is 77.9. The van der Waals surface area contributed by atoms with Crippen LogP contribution < -0.4 is 26.8 Å². The molecular formula is C112H101Cl3N6O13S. The van der Waals surface area contributed by atoms with Gasteiger partial charge in [-0.1, -0.05) is 144 Å². The molecule has 12 aromatic rings. The largest absolute Gasteiger partial charge is 0.507 e. The van der Waals surface area contributed by atoms with E-state index in [1.807, 2.05) is 78.8 Å². The minimum atomic E-state index is -1.09. The summed E-state index contributed by atoms with van der Waals surface area (Å²) in [6.07, 6.45) is 2.05. The molecule has 6 aliphatic rings. The molecule has 2 aliphatic heterocycles. The van der Waals surface area contributed by atoms with Gasteiger partial charge in [0.15, 0.2) is 5.78 Å². The fourth-order valence-corrected chi connectivity index (χ4v) is 20.7. The fraction of sp³-hybridized carbons (Fsp3) is 0.223. The number of nitrogens with one attached hydrogen (secondary N) is 3. The van der Waals surface area contributed by atoms with E-state index in [0.717, 1.165) is 127 Å². The van der Waals surface area contributed by atoms with Crippen molar-refractivity contribution in [2.45, 2.75) is 172 Å². The number of phenolic OH excluding ortho intramolecular Hbond substituents is 2. The van der Waals surface area contributed by atoms with Gasteiger partial charge in [0.25, 0.3) is 0 Å². The molecule has 684 valence electrons. The molecule has 0 fully saturated rings. The third-order valence-electron chi connectivity index (χ3n) is 26.6. The van der Waals surface area contributed by atoms with Crippen LogP contribution in [0, 0.1) is 76.2 Å². The van der Waals surface area contributed by atoms with Crippen molar-refractivity contribution in [1.82, 2.24) is 30.9 Å². The number of benzene rings is 11. The Morgan fingerprint density at radius 3 is 1.19 bits per heavy atom. The Balaban J connectivity index is 0.000000147. The van der Waals surface area contributed by atoms with Crippen LogP contribution in [0.3, 0.4) is 0 Å². The lowest BCUT2D eigenvalue weighted by Crippen LogP contribution is -2.26. The van der Waals surface area contributed by atoms with Crippen LogP contribution in [0.15, 0.2) is 227 Å². The van der Waals surface area contributed by atoms with Gasteiger partial charge in [-0.05, 0) is 298 Å². The Kier molecular flexibility index (Phi) is 26.3. The molecule has 0 amide bonds. The number of carboxylic acid groups (broad SMARTS) is 3. The summed E-state index contributed by atoms with van der Waals surface area (Å²) in [5.41, 5.74) is 25.7. The van der Waals surface area contributed by atoms with E-state index < -0.39 is 23.9 Å². The smallest absolute Gasteiger partial charge is 0.336 e. The van der Waals surface area contributed by atoms with Gasteiger partial charge in [-0.15, -0.1) is 12.6 Å². The zero-order valence-corrected chi connectivity index (χ0v) is 81.1. The Hall–Kier alpha value is -13.4. The number of pyridine rings is 3. The van der Waals surface area contributed by atoms with Crippen molar-refractivity contribution in [1.29, 1.82) is 0 Å². The average molecular weight is 1880 g/mol. The monoisotopic (exact) mass is 1870 g/mol. The number of hydrogen-bond donors (Lipinski definition) is 9. The molecule has 0 radical (unpaired) electrons. The highest BCUT2D eigenvalue weighted by molar-refractivity contribution is 7.80. The summed E-state index contributed by atoms with van der Waals surface area (Å²) < 4.78 is 13.2. The third kappa shape index (κ3) is 17.2. The Bertz CT molecular complexity index is 7610. The number of aromatic carboxylic acids is 3. The van der Waals surface area contributed by atoms with Crippen LogP contribution in [0.5, 0.6) is 11.5 Å². The summed E-state index contributed by atoms with van der Waals surface area (Å²) in [6.45, 7) is 35.1. The van der Waals surface area contributed by atoms with E-state index in [1.165, 1.54) is 12.1 Å². The van der Waals surface area contributed by atoms with E-state index in [-0.39, 0.29) is 95.9 Å².